The van der Waals surface area contributed by atoms with Crippen LogP contribution in [0.15, 0.2) is 0 Å². The zero-order chi connectivity index (χ0) is 12.8. The Balaban J connectivity index is 4.04. The molecule has 0 aliphatic heterocycles. The van der Waals surface area contributed by atoms with Gasteiger partial charge in [-0.05, 0) is 17.0 Å². The van der Waals surface area contributed by atoms with Crippen molar-refractivity contribution in [3.05, 3.63) is 0 Å². The zero-order valence-corrected chi connectivity index (χ0v) is 14.0. The molecule has 0 aliphatic rings. The predicted molar refractivity (Wildman–Crippen MR) is 79.9 cm³/mol. The van der Waals surface area contributed by atoms with Crippen LogP contribution in [-0.4, -0.2) is 7.38 Å². The van der Waals surface area contributed by atoms with Crippen molar-refractivity contribution in [3.63, 3.8) is 0 Å². The second kappa shape index (κ2) is 7.06. The lowest BCUT2D eigenvalue weighted by Gasteiger charge is -2.41. The predicted octanol–water partition coefficient (Wildman–Crippen LogP) is 6.21. The molecular weight excluding hydrogens is 232 g/mol. The van der Waals surface area contributed by atoms with E-state index in [1.54, 1.807) is 0 Å². The fourth-order valence-electron chi connectivity index (χ4n) is 1.98. The van der Waals surface area contributed by atoms with Gasteiger partial charge in [-0.1, -0.05) is 73.3 Å². The first kappa shape index (κ1) is 16.5. The SMILES string of the molecule is CCCCCCC[Si](C)(Cl)C(C)(C)C(C)C. The summed E-state index contributed by atoms with van der Waals surface area (Å²) in [6.07, 6.45) is 6.81. The molecule has 0 aliphatic carbocycles. The molecule has 0 N–H and O–H groups in total. The van der Waals surface area contributed by atoms with Gasteiger partial charge in [0.15, 0.2) is 7.38 Å². The minimum Gasteiger partial charge on any atom is -0.167 e. The van der Waals surface area contributed by atoms with Crippen molar-refractivity contribution in [2.24, 2.45) is 5.92 Å². The maximum Gasteiger partial charge on any atom is 0.159 e. The minimum atomic E-state index is -1.58. The molecule has 0 rings (SSSR count). The van der Waals surface area contributed by atoms with Gasteiger partial charge in [-0.3, -0.25) is 0 Å². The molecule has 0 bridgehead atoms. The van der Waals surface area contributed by atoms with E-state index in [9.17, 15) is 0 Å². The van der Waals surface area contributed by atoms with Crippen LogP contribution in [0.4, 0.5) is 0 Å². The summed E-state index contributed by atoms with van der Waals surface area (Å²) in [5.74, 6) is 0.692. The van der Waals surface area contributed by atoms with Gasteiger partial charge in [0, 0.05) is 0 Å². The van der Waals surface area contributed by atoms with Gasteiger partial charge in [-0.25, -0.2) is 0 Å². The lowest BCUT2D eigenvalue weighted by Crippen LogP contribution is -2.39. The number of halogens is 1. The average molecular weight is 263 g/mol. The highest BCUT2D eigenvalue weighted by Crippen LogP contribution is 2.48. The first-order valence-electron chi connectivity index (χ1n) is 6.94. The van der Waals surface area contributed by atoms with Crippen LogP contribution in [0.25, 0.3) is 0 Å². The Morgan fingerprint density at radius 1 is 1.06 bits per heavy atom. The van der Waals surface area contributed by atoms with Crippen molar-refractivity contribution in [1.82, 2.24) is 0 Å². The summed E-state index contributed by atoms with van der Waals surface area (Å²) in [7, 11) is -1.58. The normalized spacial score (nSPS) is 16.5. The van der Waals surface area contributed by atoms with E-state index in [0.717, 1.165) is 0 Å². The molecule has 0 saturated heterocycles. The fourth-order valence-corrected chi connectivity index (χ4v) is 5.80. The van der Waals surface area contributed by atoms with Crippen molar-refractivity contribution in [2.45, 2.75) is 84.4 Å². The minimum absolute atomic E-state index is 0.347. The van der Waals surface area contributed by atoms with Gasteiger partial charge in [-0.2, -0.15) is 11.1 Å². The van der Waals surface area contributed by atoms with Gasteiger partial charge in [-0.15, -0.1) is 0 Å². The van der Waals surface area contributed by atoms with Gasteiger partial charge in [0.05, 0.1) is 0 Å². The van der Waals surface area contributed by atoms with Gasteiger partial charge >= 0.3 is 0 Å². The third-order valence-corrected chi connectivity index (χ3v) is 11.1. The molecule has 1 unspecified atom stereocenters. The molecule has 16 heavy (non-hydrogen) atoms. The van der Waals surface area contributed by atoms with Crippen molar-refractivity contribution < 1.29 is 0 Å². The van der Waals surface area contributed by atoms with E-state index < -0.39 is 7.38 Å². The third kappa shape index (κ3) is 4.79. The molecule has 0 spiro atoms. The molecule has 0 aromatic rings. The maximum absolute atomic E-state index is 6.87. The van der Waals surface area contributed by atoms with Gasteiger partial charge in [0.1, 0.15) is 0 Å². The van der Waals surface area contributed by atoms with E-state index in [4.69, 9.17) is 11.1 Å². The molecule has 0 radical (unpaired) electrons. The smallest absolute Gasteiger partial charge is 0.159 e. The first-order chi connectivity index (χ1) is 7.25. The molecule has 0 nitrogen and oxygen atoms in total. The van der Waals surface area contributed by atoms with Crippen LogP contribution >= 0.6 is 11.1 Å². The zero-order valence-electron chi connectivity index (χ0n) is 12.2. The lowest BCUT2D eigenvalue weighted by molar-refractivity contribution is 0.460. The summed E-state index contributed by atoms with van der Waals surface area (Å²) in [6.45, 7) is 14.0. The van der Waals surface area contributed by atoms with Crippen LogP contribution in [0.1, 0.15) is 66.7 Å². The van der Waals surface area contributed by atoms with Crippen molar-refractivity contribution >= 4 is 18.5 Å². The topological polar surface area (TPSA) is 0 Å². The second-order valence-corrected chi connectivity index (χ2v) is 12.9. The lowest BCUT2D eigenvalue weighted by atomic mass is 9.99. The molecule has 0 heterocycles. The molecule has 2 heteroatoms. The van der Waals surface area contributed by atoms with Crippen LogP contribution in [0.3, 0.4) is 0 Å². The molecular formula is C14H31ClSi. The highest BCUT2D eigenvalue weighted by atomic mass is 35.6. The van der Waals surface area contributed by atoms with Crippen LogP contribution < -0.4 is 0 Å². The largest absolute Gasteiger partial charge is 0.167 e. The summed E-state index contributed by atoms with van der Waals surface area (Å²) in [4.78, 5) is 0. The van der Waals surface area contributed by atoms with Crippen LogP contribution in [0, 0.1) is 5.92 Å². The highest BCUT2D eigenvalue weighted by molar-refractivity contribution is 7.21. The summed E-state index contributed by atoms with van der Waals surface area (Å²) in [6, 6.07) is 1.28. The van der Waals surface area contributed by atoms with E-state index in [-0.39, 0.29) is 0 Å². The standard InChI is InChI=1S/C14H31ClSi/c1-7-8-9-10-11-12-16(6,15)14(4,5)13(2)3/h13H,7-12H2,1-6H3. The van der Waals surface area contributed by atoms with Crippen molar-refractivity contribution in [3.8, 4) is 0 Å². The molecule has 1 atom stereocenters. The highest BCUT2D eigenvalue weighted by Gasteiger charge is 2.43. The molecule has 0 aromatic carbocycles. The quantitative estimate of drug-likeness (QED) is 0.277. The van der Waals surface area contributed by atoms with E-state index in [0.29, 0.717) is 11.0 Å². The van der Waals surface area contributed by atoms with Crippen molar-refractivity contribution in [1.29, 1.82) is 0 Å². The average Bonchev–Trinajstić information content (AvgIpc) is 2.16. The summed E-state index contributed by atoms with van der Waals surface area (Å²) in [5, 5.41) is 0.347. The Labute approximate surface area is 109 Å². The molecule has 98 valence electrons. The van der Waals surface area contributed by atoms with Gasteiger partial charge in [0.25, 0.3) is 0 Å². The Morgan fingerprint density at radius 2 is 1.56 bits per heavy atom. The first-order valence-corrected chi connectivity index (χ1v) is 10.7. The Morgan fingerprint density at radius 3 is 2.00 bits per heavy atom. The number of hydrogen-bond donors (Lipinski definition) is 0. The third-order valence-electron chi connectivity index (χ3n) is 4.54. The van der Waals surface area contributed by atoms with E-state index in [1.807, 2.05) is 0 Å². The molecule has 0 fully saturated rings. The maximum atomic E-state index is 6.87. The van der Waals surface area contributed by atoms with Crippen LogP contribution in [0.2, 0.25) is 17.6 Å². The molecule has 0 saturated carbocycles. The van der Waals surface area contributed by atoms with Gasteiger partial charge in [0.2, 0.25) is 0 Å². The monoisotopic (exact) mass is 262 g/mol. The number of unbranched alkanes of at least 4 members (excludes halogenated alkanes) is 4. The van der Waals surface area contributed by atoms with Crippen molar-refractivity contribution in [2.75, 3.05) is 0 Å². The number of rotatable bonds is 8. The van der Waals surface area contributed by atoms with Crippen LogP contribution in [-0.2, 0) is 0 Å². The summed E-state index contributed by atoms with van der Waals surface area (Å²) < 4.78 is 0. The summed E-state index contributed by atoms with van der Waals surface area (Å²) >= 11 is 6.87. The Hall–Kier alpha value is 0.507. The van der Waals surface area contributed by atoms with Gasteiger partial charge < -0.3 is 0 Å². The van der Waals surface area contributed by atoms with E-state index in [1.165, 1.54) is 38.1 Å². The molecule has 0 aromatic heterocycles. The fraction of sp³-hybridized carbons (Fsp3) is 1.00. The summed E-state index contributed by atoms with van der Waals surface area (Å²) in [5.41, 5.74) is 0. The van der Waals surface area contributed by atoms with Crippen LogP contribution in [0.5, 0.6) is 0 Å². The van der Waals surface area contributed by atoms with E-state index >= 15 is 0 Å². The second-order valence-electron chi connectivity index (χ2n) is 6.24. The number of hydrogen-bond acceptors (Lipinski definition) is 0. The Bertz CT molecular complexity index is 185. The Kier molecular flexibility index (Phi) is 7.28. The molecule has 0 amide bonds. The van der Waals surface area contributed by atoms with E-state index in [2.05, 4.69) is 41.2 Å².